The summed E-state index contributed by atoms with van der Waals surface area (Å²) in [6.07, 6.45) is 1.94. The standard InChI is InChI=1S/C22H28N2O.ClH/c1-17-10-5-8-13-20(17)25-15-9-14-24-19-12-7-6-11-18(19)23-21(24)16-22(2,3)4;/h5-8,10-13H,9,14-16H2,1-4H3;1H/p-1. The Morgan fingerprint density at radius 2 is 1.69 bits per heavy atom. The van der Waals surface area contributed by atoms with Crippen LogP contribution < -0.4 is 17.1 Å². The molecule has 0 aliphatic carbocycles. The van der Waals surface area contributed by atoms with Crippen molar-refractivity contribution in [2.45, 2.75) is 47.1 Å². The van der Waals surface area contributed by atoms with Gasteiger partial charge in [0.15, 0.2) is 0 Å². The minimum atomic E-state index is 0. The van der Waals surface area contributed by atoms with E-state index in [-0.39, 0.29) is 17.8 Å². The van der Waals surface area contributed by atoms with E-state index in [2.05, 4.69) is 62.6 Å². The van der Waals surface area contributed by atoms with Crippen LogP contribution in [-0.4, -0.2) is 16.2 Å². The highest BCUT2D eigenvalue weighted by atomic mass is 35.5. The monoisotopic (exact) mass is 371 g/mol. The van der Waals surface area contributed by atoms with Crippen LogP contribution in [0.3, 0.4) is 0 Å². The fraction of sp³-hybridized carbons (Fsp3) is 0.409. The van der Waals surface area contributed by atoms with Crippen LogP contribution >= 0.6 is 0 Å². The summed E-state index contributed by atoms with van der Waals surface area (Å²) in [5.41, 5.74) is 3.71. The molecule has 26 heavy (non-hydrogen) atoms. The number of benzene rings is 2. The number of halogens is 1. The third-order valence-electron chi connectivity index (χ3n) is 4.30. The first-order valence-electron chi connectivity index (χ1n) is 9.07. The molecule has 140 valence electrons. The molecular formula is C22H28ClN2O-. The average Bonchev–Trinajstić information content (AvgIpc) is 2.88. The summed E-state index contributed by atoms with van der Waals surface area (Å²) in [6, 6.07) is 16.6. The minimum absolute atomic E-state index is 0. The first-order valence-corrected chi connectivity index (χ1v) is 9.07. The van der Waals surface area contributed by atoms with Crippen LogP contribution in [0.15, 0.2) is 48.5 Å². The largest absolute Gasteiger partial charge is 1.00 e. The van der Waals surface area contributed by atoms with Gasteiger partial charge in [0.2, 0.25) is 0 Å². The van der Waals surface area contributed by atoms with Gasteiger partial charge in [0.1, 0.15) is 11.6 Å². The Hall–Kier alpha value is -2.00. The van der Waals surface area contributed by atoms with Crippen molar-refractivity contribution in [3.63, 3.8) is 0 Å². The van der Waals surface area contributed by atoms with Gasteiger partial charge in [-0.1, -0.05) is 51.1 Å². The molecule has 0 spiro atoms. The van der Waals surface area contributed by atoms with Gasteiger partial charge >= 0.3 is 0 Å². The highest BCUT2D eigenvalue weighted by molar-refractivity contribution is 5.75. The van der Waals surface area contributed by atoms with Crippen LogP contribution in [0.4, 0.5) is 0 Å². The van der Waals surface area contributed by atoms with E-state index >= 15 is 0 Å². The van der Waals surface area contributed by atoms with E-state index < -0.39 is 0 Å². The molecule has 0 aliphatic heterocycles. The number of ether oxygens (including phenoxy) is 1. The first kappa shape index (κ1) is 20.3. The molecule has 3 aromatic rings. The predicted octanol–water partition coefficient (Wildman–Crippen LogP) is 2.41. The molecule has 3 nitrogen and oxygen atoms in total. The summed E-state index contributed by atoms with van der Waals surface area (Å²) in [5, 5.41) is 0. The number of aryl methyl sites for hydroxylation is 2. The van der Waals surface area contributed by atoms with Crippen molar-refractivity contribution in [3.05, 3.63) is 59.9 Å². The van der Waals surface area contributed by atoms with Crippen LogP contribution in [0.1, 0.15) is 38.6 Å². The van der Waals surface area contributed by atoms with Crippen molar-refractivity contribution in [1.29, 1.82) is 0 Å². The highest BCUT2D eigenvalue weighted by Crippen LogP contribution is 2.24. The smallest absolute Gasteiger partial charge is 0.122 e. The zero-order valence-corrected chi connectivity index (χ0v) is 16.9. The van der Waals surface area contributed by atoms with Crippen molar-refractivity contribution in [2.24, 2.45) is 5.41 Å². The molecule has 0 fully saturated rings. The lowest BCUT2D eigenvalue weighted by molar-refractivity contribution is -0.00000660. The molecule has 0 atom stereocenters. The van der Waals surface area contributed by atoms with Gasteiger partial charge in [0, 0.05) is 13.0 Å². The molecule has 1 heterocycles. The number of fused-ring (bicyclic) bond motifs is 1. The topological polar surface area (TPSA) is 27.1 Å². The Labute approximate surface area is 162 Å². The van der Waals surface area contributed by atoms with Crippen LogP contribution in [0.2, 0.25) is 0 Å². The van der Waals surface area contributed by atoms with Gasteiger partial charge in [-0.25, -0.2) is 4.98 Å². The quantitative estimate of drug-likeness (QED) is 0.622. The molecule has 0 N–H and O–H groups in total. The van der Waals surface area contributed by atoms with E-state index in [0.29, 0.717) is 6.61 Å². The number of imidazole rings is 1. The second-order valence-corrected chi connectivity index (χ2v) is 7.87. The molecule has 4 heteroatoms. The van der Waals surface area contributed by atoms with Gasteiger partial charge in [-0.15, -0.1) is 0 Å². The molecule has 0 saturated heterocycles. The molecule has 0 saturated carbocycles. The lowest BCUT2D eigenvalue weighted by Crippen LogP contribution is -3.00. The fourth-order valence-electron chi connectivity index (χ4n) is 3.11. The van der Waals surface area contributed by atoms with E-state index in [1.807, 2.05) is 18.2 Å². The number of nitrogens with zero attached hydrogens (tertiary/aromatic N) is 2. The molecule has 2 aromatic carbocycles. The van der Waals surface area contributed by atoms with Gasteiger partial charge in [-0.05, 0) is 42.5 Å². The summed E-state index contributed by atoms with van der Waals surface area (Å²) < 4.78 is 8.32. The van der Waals surface area contributed by atoms with Crippen molar-refractivity contribution in [1.82, 2.24) is 9.55 Å². The Balaban J connectivity index is 0.00000243. The maximum atomic E-state index is 5.95. The number of rotatable bonds is 6. The van der Waals surface area contributed by atoms with Gasteiger partial charge in [-0.3, -0.25) is 0 Å². The van der Waals surface area contributed by atoms with Gasteiger partial charge in [-0.2, -0.15) is 0 Å². The summed E-state index contributed by atoms with van der Waals surface area (Å²) in [7, 11) is 0. The van der Waals surface area contributed by atoms with Gasteiger partial charge < -0.3 is 21.7 Å². The van der Waals surface area contributed by atoms with Crippen LogP contribution in [-0.2, 0) is 13.0 Å². The molecule has 0 unspecified atom stereocenters. The normalized spacial score (nSPS) is 11.4. The zero-order chi connectivity index (χ0) is 17.9. The number of aromatic nitrogens is 2. The second kappa shape index (κ2) is 8.59. The third kappa shape index (κ3) is 5.01. The van der Waals surface area contributed by atoms with E-state index in [1.54, 1.807) is 0 Å². The van der Waals surface area contributed by atoms with Crippen molar-refractivity contribution in [3.8, 4) is 5.75 Å². The lowest BCUT2D eigenvalue weighted by atomic mass is 9.92. The summed E-state index contributed by atoms with van der Waals surface area (Å²) >= 11 is 0. The van der Waals surface area contributed by atoms with Crippen molar-refractivity contribution >= 4 is 11.0 Å². The van der Waals surface area contributed by atoms with Crippen LogP contribution in [0, 0.1) is 12.3 Å². The molecule has 0 radical (unpaired) electrons. The van der Waals surface area contributed by atoms with E-state index in [0.717, 1.165) is 30.7 Å². The van der Waals surface area contributed by atoms with E-state index in [4.69, 9.17) is 9.72 Å². The van der Waals surface area contributed by atoms with E-state index in [9.17, 15) is 0 Å². The average molecular weight is 372 g/mol. The zero-order valence-electron chi connectivity index (χ0n) is 16.1. The Bertz CT molecular complexity index is 849. The SMILES string of the molecule is Cc1ccccc1OCCCn1c(CC(C)(C)C)nc2ccccc21.[Cl-]. The Kier molecular flexibility index (Phi) is 6.71. The number of hydrogen-bond acceptors (Lipinski definition) is 2. The van der Waals surface area contributed by atoms with E-state index in [1.165, 1.54) is 16.9 Å². The van der Waals surface area contributed by atoms with Gasteiger partial charge in [0.05, 0.1) is 17.6 Å². The second-order valence-electron chi connectivity index (χ2n) is 7.87. The number of hydrogen-bond donors (Lipinski definition) is 0. The molecule has 3 rings (SSSR count). The summed E-state index contributed by atoms with van der Waals surface area (Å²) in [4.78, 5) is 4.87. The number of para-hydroxylation sites is 3. The van der Waals surface area contributed by atoms with Crippen LogP contribution in [0.25, 0.3) is 11.0 Å². The lowest BCUT2D eigenvalue weighted by Gasteiger charge is -2.19. The Morgan fingerprint density at radius 1 is 1.00 bits per heavy atom. The molecule has 0 bridgehead atoms. The van der Waals surface area contributed by atoms with Crippen molar-refractivity contribution in [2.75, 3.05) is 6.61 Å². The first-order chi connectivity index (χ1) is 11.9. The minimum Gasteiger partial charge on any atom is -1.00 e. The molecular weight excluding hydrogens is 344 g/mol. The van der Waals surface area contributed by atoms with Crippen LogP contribution in [0.5, 0.6) is 5.75 Å². The molecule has 0 aliphatic rings. The predicted molar refractivity (Wildman–Crippen MR) is 104 cm³/mol. The third-order valence-corrected chi connectivity index (χ3v) is 4.30. The molecule has 0 amide bonds. The maximum Gasteiger partial charge on any atom is 0.122 e. The summed E-state index contributed by atoms with van der Waals surface area (Å²) in [6.45, 7) is 10.5. The highest BCUT2D eigenvalue weighted by Gasteiger charge is 2.17. The van der Waals surface area contributed by atoms with Gasteiger partial charge in [0.25, 0.3) is 0 Å². The molecule has 1 aromatic heterocycles. The fourth-order valence-corrected chi connectivity index (χ4v) is 3.11. The van der Waals surface area contributed by atoms with Crippen molar-refractivity contribution < 1.29 is 17.1 Å². The Morgan fingerprint density at radius 3 is 2.42 bits per heavy atom. The summed E-state index contributed by atoms with van der Waals surface area (Å²) in [5.74, 6) is 2.15. The maximum absolute atomic E-state index is 5.95.